The highest BCUT2D eigenvalue weighted by molar-refractivity contribution is 7.89. The summed E-state index contributed by atoms with van der Waals surface area (Å²) in [5, 5.41) is 3.02. The lowest BCUT2D eigenvalue weighted by Gasteiger charge is -2.32. The van der Waals surface area contributed by atoms with E-state index in [2.05, 4.69) is 5.32 Å². The van der Waals surface area contributed by atoms with Gasteiger partial charge in [0.05, 0.1) is 7.11 Å². The number of sulfonamides is 1. The van der Waals surface area contributed by atoms with Crippen LogP contribution in [-0.4, -0.2) is 44.9 Å². The maximum atomic E-state index is 13.2. The van der Waals surface area contributed by atoms with Crippen molar-refractivity contribution in [2.75, 3.05) is 20.2 Å². The number of hydrogen-bond acceptors (Lipinski definition) is 4. The Balaban J connectivity index is 1.68. The van der Waals surface area contributed by atoms with Gasteiger partial charge in [-0.3, -0.25) is 4.79 Å². The third-order valence-electron chi connectivity index (χ3n) is 5.50. The first kappa shape index (κ1) is 21.3. The molecule has 1 N–H and O–H groups in total. The minimum atomic E-state index is -3.66. The largest absolute Gasteiger partial charge is 0.495 e. The molecule has 2 aromatic carbocycles. The molecule has 1 aliphatic heterocycles. The quantitative estimate of drug-likeness (QED) is 0.812. The van der Waals surface area contributed by atoms with Crippen molar-refractivity contribution < 1.29 is 17.9 Å². The van der Waals surface area contributed by atoms with Crippen LogP contribution in [0.3, 0.4) is 0 Å². The molecule has 0 atom stereocenters. The summed E-state index contributed by atoms with van der Waals surface area (Å²) in [5.74, 6) is 0.241. The maximum Gasteiger partial charge on any atom is 0.251 e. The van der Waals surface area contributed by atoms with E-state index < -0.39 is 10.0 Å². The molecule has 0 spiro atoms. The van der Waals surface area contributed by atoms with Gasteiger partial charge in [0.2, 0.25) is 10.0 Å². The van der Waals surface area contributed by atoms with Crippen LogP contribution in [0.2, 0.25) is 0 Å². The first-order valence-electron chi connectivity index (χ1n) is 9.75. The van der Waals surface area contributed by atoms with Crippen molar-refractivity contribution in [3.05, 3.63) is 58.7 Å². The smallest absolute Gasteiger partial charge is 0.251 e. The molecule has 1 heterocycles. The van der Waals surface area contributed by atoms with Crippen molar-refractivity contribution in [1.29, 1.82) is 0 Å². The standard InChI is InChI=1S/C22H28N2O4S/c1-15-5-7-18(8-6-15)22(25)23-19-9-11-24(12-10-19)29(26,27)21-14-17(3)16(2)13-20(21)28-4/h5-8,13-14,19H,9-12H2,1-4H3,(H,23,25). The van der Waals surface area contributed by atoms with Gasteiger partial charge in [0, 0.05) is 24.7 Å². The second kappa shape index (κ2) is 8.55. The summed E-state index contributed by atoms with van der Waals surface area (Å²) < 4.78 is 33.1. The molecule has 0 bridgehead atoms. The molecule has 0 radical (unpaired) electrons. The fourth-order valence-corrected chi connectivity index (χ4v) is 5.17. The molecule has 1 amide bonds. The van der Waals surface area contributed by atoms with E-state index in [1.807, 2.05) is 32.9 Å². The molecular formula is C22H28N2O4S. The molecule has 1 fully saturated rings. The van der Waals surface area contributed by atoms with Crippen LogP contribution in [0.1, 0.15) is 39.9 Å². The number of carbonyl (C=O) groups is 1. The van der Waals surface area contributed by atoms with Crippen molar-refractivity contribution in [3.8, 4) is 5.75 Å². The van der Waals surface area contributed by atoms with Crippen LogP contribution in [0.5, 0.6) is 5.75 Å². The van der Waals surface area contributed by atoms with E-state index in [1.165, 1.54) is 11.4 Å². The lowest BCUT2D eigenvalue weighted by atomic mass is 10.1. The molecule has 156 valence electrons. The zero-order chi connectivity index (χ0) is 21.2. The first-order chi connectivity index (χ1) is 13.7. The zero-order valence-electron chi connectivity index (χ0n) is 17.4. The first-order valence-corrected chi connectivity index (χ1v) is 11.2. The summed E-state index contributed by atoms with van der Waals surface area (Å²) in [7, 11) is -2.18. The van der Waals surface area contributed by atoms with Gasteiger partial charge in [0.15, 0.2) is 0 Å². The van der Waals surface area contributed by atoms with Gasteiger partial charge in [-0.2, -0.15) is 4.31 Å². The molecule has 29 heavy (non-hydrogen) atoms. The molecule has 0 unspecified atom stereocenters. The van der Waals surface area contributed by atoms with Gasteiger partial charge in [-0.05, 0) is 69.0 Å². The van der Waals surface area contributed by atoms with Crippen molar-refractivity contribution in [2.45, 2.75) is 44.6 Å². The number of nitrogens with one attached hydrogen (secondary N) is 1. The minimum absolute atomic E-state index is 0.0445. The van der Waals surface area contributed by atoms with Crippen molar-refractivity contribution in [2.24, 2.45) is 0 Å². The fourth-order valence-electron chi connectivity index (χ4n) is 3.48. The summed E-state index contributed by atoms with van der Waals surface area (Å²) in [6.07, 6.45) is 1.15. The average Bonchev–Trinajstić information content (AvgIpc) is 2.70. The van der Waals surface area contributed by atoms with E-state index in [0.29, 0.717) is 37.2 Å². The predicted octanol–water partition coefficient (Wildman–Crippen LogP) is 3.20. The highest BCUT2D eigenvalue weighted by Gasteiger charge is 2.32. The molecule has 2 aromatic rings. The number of amides is 1. The predicted molar refractivity (Wildman–Crippen MR) is 113 cm³/mol. The molecule has 3 rings (SSSR count). The second-order valence-electron chi connectivity index (χ2n) is 7.61. The highest BCUT2D eigenvalue weighted by atomic mass is 32.2. The highest BCUT2D eigenvalue weighted by Crippen LogP contribution is 2.31. The SMILES string of the molecule is COc1cc(C)c(C)cc1S(=O)(=O)N1CCC(NC(=O)c2ccc(C)cc2)CC1. The lowest BCUT2D eigenvalue weighted by Crippen LogP contribution is -2.46. The summed E-state index contributed by atoms with van der Waals surface area (Å²) in [6.45, 7) is 6.51. The Labute approximate surface area is 172 Å². The third kappa shape index (κ3) is 4.62. The molecule has 6 nitrogen and oxygen atoms in total. The molecular weight excluding hydrogens is 388 g/mol. The fraction of sp³-hybridized carbons (Fsp3) is 0.409. The van der Waals surface area contributed by atoms with Crippen molar-refractivity contribution in [1.82, 2.24) is 9.62 Å². The van der Waals surface area contributed by atoms with Crippen LogP contribution in [0.15, 0.2) is 41.3 Å². The minimum Gasteiger partial charge on any atom is -0.495 e. The maximum absolute atomic E-state index is 13.2. The normalized spacial score (nSPS) is 15.9. The Morgan fingerprint density at radius 2 is 1.62 bits per heavy atom. The monoisotopic (exact) mass is 416 g/mol. The van der Waals surface area contributed by atoms with Crippen LogP contribution >= 0.6 is 0 Å². The molecule has 0 aliphatic carbocycles. The van der Waals surface area contributed by atoms with E-state index in [1.54, 1.807) is 24.3 Å². The van der Waals surface area contributed by atoms with E-state index in [4.69, 9.17) is 4.74 Å². The van der Waals surface area contributed by atoms with E-state index in [-0.39, 0.29) is 16.8 Å². The number of ether oxygens (including phenoxy) is 1. The van der Waals surface area contributed by atoms with Gasteiger partial charge in [0.25, 0.3) is 5.91 Å². The van der Waals surface area contributed by atoms with E-state index in [0.717, 1.165) is 16.7 Å². The Morgan fingerprint density at radius 1 is 1.03 bits per heavy atom. The van der Waals surface area contributed by atoms with Gasteiger partial charge < -0.3 is 10.1 Å². The summed E-state index contributed by atoms with van der Waals surface area (Å²) in [5.41, 5.74) is 3.61. The third-order valence-corrected chi connectivity index (χ3v) is 7.42. The molecule has 0 aromatic heterocycles. The number of hydrogen-bond donors (Lipinski definition) is 1. The second-order valence-corrected chi connectivity index (χ2v) is 9.51. The van der Waals surface area contributed by atoms with Gasteiger partial charge >= 0.3 is 0 Å². The van der Waals surface area contributed by atoms with E-state index in [9.17, 15) is 13.2 Å². The molecule has 1 saturated heterocycles. The summed E-state index contributed by atoms with van der Waals surface area (Å²) >= 11 is 0. The van der Waals surface area contributed by atoms with Crippen LogP contribution < -0.4 is 10.1 Å². The van der Waals surface area contributed by atoms with Crippen LogP contribution in [0.4, 0.5) is 0 Å². The van der Waals surface area contributed by atoms with Gasteiger partial charge in [0.1, 0.15) is 10.6 Å². The molecule has 0 saturated carbocycles. The number of carbonyl (C=O) groups excluding carboxylic acids is 1. The van der Waals surface area contributed by atoms with Crippen LogP contribution in [0.25, 0.3) is 0 Å². The Morgan fingerprint density at radius 3 is 2.21 bits per heavy atom. The lowest BCUT2D eigenvalue weighted by molar-refractivity contribution is 0.0924. The number of benzene rings is 2. The Hall–Kier alpha value is -2.38. The Bertz CT molecular complexity index is 992. The molecule has 7 heteroatoms. The average molecular weight is 417 g/mol. The van der Waals surface area contributed by atoms with Crippen LogP contribution in [0, 0.1) is 20.8 Å². The number of aryl methyl sites for hydroxylation is 3. The van der Waals surface area contributed by atoms with Crippen molar-refractivity contribution >= 4 is 15.9 Å². The number of methoxy groups -OCH3 is 1. The zero-order valence-corrected chi connectivity index (χ0v) is 18.2. The molecule has 1 aliphatic rings. The van der Waals surface area contributed by atoms with Crippen molar-refractivity contribution in [3.63, 3.8) is 0 Å². The van der Waals surface area contributed by atoms with Crippen LogP contribution in [-0.2, 0) is 10.0 Å². The Kier molecular flexibility index (Phi) is 6.29. The van der Waals surface area contributed by atoms with Gasteiger partial charge in [-0.15, -0.1) is 0 Å². The van der Waals surface area contributed by atoms with Gasteiger partial charge in [-0.25, -0.2) is 8.42 Å². The number of nitrogens with zero attached hydrogens (tertiary/aromatic N) is 1. The number of rotatable bonds is 5. The summed E-state index contributed by atoms with van der Waals surface area (Å²) in [6, 6.07) is 10.8. The van der Waals surface area contributed by atoms with E-state index >= 15 is 0 Å². The summed E-state index contributed by atoms with van der Waals surface area (Å²) in [4.78, 5) is 12.6. The number of piperidine rings is 1. The topological polar surface area (TPSA) is 75.7 Å². The van der Waals surface area contributed by atoms with Gasteiger partial charge in [-0.1, -0.05) is 17.7 Å².